The zero-order chi connectivity index (χ0) is 10.7. The average Bonchev–Trinajstić information content (AvgIpc) is 2.59. The highest BCUT2D eigenvalue weighted by atomic mass is 16.1. The molecule has 1 aromatic heterocycles. The summed E-state index contributed by atoms with van der Waals surface area (Å²) in [4.78, 5) is 11.5. The maximum atomic E-state index is 11.5. The summed E-state index contributed by atoms with van der Waals surface area (Å²) >= 11 is 0. The number of nitrogens with one attached hydrogen (secondary N) is 2. The van der Waals surface area contributed by atoms with E-state index < -0.39 is 0 Å². The van der Waals surface area contributed by atoms with Gasteiger partial charge in [0.15, 0.2) is 0 Å². The number of rotatable bonds is 4. The molecule has 2 heterocycles. The Balaban J connectivity index is 1.82. The van der Waals surface area contributed by atoms with Gasteiger partial charge in [-0.1, -0.05) is 0 Å². The summed E-state index contributed by atoms with van der Waals surface area (Å²) in [5.41, 5.74) is 0.786. The van der Waals surface area contributed by atoms with Crippen molar-refractivity contribution in [1.82, 2.24) is 15.1 Å². The topological polar surface area (TPSA) is 59.0 Å². The minimum atomic E-state index is 0.0807. The van der Waals surface area contributed by atoms with E-state index in [1.165, 1.54) is 0 Å². The van der Waals surface area contributed by atoms with Crippen molar-refractivity contribution in [3.8, 4) is 0 Å². The van der Waals surface area contributed by atoms with Crippen LogP contribution in [0.5, 0.6) is 0 Å². The lowest BCUT2D eigenvalue weighted by Gasteiger charge is -2.26. The van der Waals surface area contributed by atoms with Gasteiger partial charge in [-0.25, -0.2) is 0 Å². The molecule has 0 saturated carbocycles. The Kier molecular flexibility index (Phi) is 3.01. The maximum absolute atomic E-state index is 11.5. The molecule has 1 aliphatic rings. The predicted molar refractivity (Wildman–Crippen MR) is 57.5 cm³/mol. The molecular formula is C10H16N4O. The van der Waals surface area contributed by atoms with Crippen molar-refractivity contribution in [2.45, 2.75) is 19.9 Å². The van der Waals surface area contributed by atoms with Gasteiger partial charge in [0.2, 0.25) is 5.91 Å². The molecule has 0 atom stereocenters. The number of hydrogen-bond donors (Lipinski definition) is 2. The molecule has 5 nitrogen and oxygen atoms in total. The molecule has 1 saturated heterocycles. The number of aryl methyl sites for hydroxylation is 1. The molecule has 0 unspecified atom stereocenters. The summed E-state index contributed by atoms with van der Waals surface area (Å²) in [7, 11) is 0. The van der Waals surface area contributed by atoms with Gasteiger partial charge < -0.3 is 10.6 Å². The van der Waals surface area contributed by atoms with Crippen LogP contribution in [0.25, 0.3) is 0 Å². The fourth-order valence-electron chi connectivity index (χ4n) is 1.57. The summed E-state index contributed by atoms with van der Waals surface area (Å²) in [6, 6.07) is 0. The van der Waals surface area contributed by atoms with E-state index in [0.717, 1.165) is 25.3 Å². The zero-order valence-corrected chi connectivity index (χ0v) is 8.86. The van der Waals surface area contributed by atoms with Crippen LogP contribution in [0, 0.1) is 5.92 Å². The molecule has 5 heteroatoms. The van der Waals surface area contributed by atoms with Crippen LogP contribution in [-0.2, 0) is 11.3 Å². The van der Waals surface area contributed by atoms with Crippen LogP contribution in [0.2, 0.25) is 0 Å². The first-order valence-electron chi connectivity index (χ1n) is 5.31. The number of carbonyl (C=O) groups is 1. The fraction of sp³-hybridized carbons (Fsp3) is 0.600. The van der Waals surface area contributed by atoms with Gasteiger partial charge in [0, 0.05) is 19.2 Å². The lowest BCUT2D eigenvalue weighted by Crippen LogP contribution is -2.43. The number of nitrogens with zero attached hydrogens (tertiary/aromatic N) is 2. The number of aromatic nitrogens is 2. The fourth-order valence-corrected chi connectivity index (χ4v) is 1.57. The van der Waals surface area contributed by atoms with Crippen LogP contribution >= 0.6 is 0 Å². The van der Waals surface area contributed by atoms with E-state index in [2.05, 4.69) is 15.7 Å². The van der Waals surface area contributed by atoms with E-state index in [9.17, 15) is 4.79 Å². The first-order chi connectivity index (χ1) is 7.28. The van der Waals surface area contributed by atoms with E-state index in [-0.39, 0.29) is 5.91 Å². The van der Waals surface area contributed by atoms with Gasteiger partial charge in [-0.05, 0) is 25.9 Å². The third-order valence-corrected chi connectivity index (χ3v) is 2.58. The number of amides is 1. The second-order valence-corrected chi connectivity index (χ2v) is 3.86. The minimum Gasteiger partial charge on any atom is -0.323 e. The molecule has 0 radical (unpaired) electrons. The molecule has 15 heavy (non-hydrogen) atoms. The normalized spacial score (nSPS) is 16.1. The Bertz CT molecular complexity index is 343. The van der Waals surface area contributed by atoms with Crippen LogP contribution in [0.1, 0.15) is 13.3 Å². The van der Waals surface area contributed by atoms with E-state index in [1.807, 2.05) is 13.1 Å². The summed E-state index contributed by atoms with van der Waals surface area (Å²) < 4.78 is 1.79. The summed E-state index contributed by atoms with van der Waals surface area (Å²) in [5.74, 6) is 0.586. The predicted octanol–water partition coefficient (Wildman–Crippen LogP) is 0.451. The second kappa shape index (κ2) is 4.44. The molecule has 1 amide bonds. The van der Waals surface area contributed by atoms with Gasteiger partial charge in [0.1, 0.15) is 0 Å². The van der Waals surface area contributed by atoms with Crippen molar-refractivity contribution in [3.05, 3.63) is 12.4 Å². The van der Waals surface area contributed by atoms with Crippen molar-refractivity contribution in [1.29, 1.82) is 0 Å². The lowest BCUT2D eigenvalue weighted by atomic mass is 9.99. The molecule has 1 fully saturated rings. The largest absolute Gasteiger partial charge is 0.323 e. The first kappa shape index (κ1) is 10.2. The van der Waals surface area contributed by atoms with Gasteiger partial charge in [-0.3, -0.25) is 9.48 Å². The minimum absolute atomic E-state index is 0.0807. The van der Waals surface area contributed by atoms with Gasteiger partial charge in [-0.2, -0.15) is 5.10 Å². The molecule has 0 spiro atoms. The molecule has 2 N–H and O–H groups in total. The number of hydrogen-bond acceptors (Lipinski definition) is 3. The van der Waals surface area contributed by atoms with Crippen LogP contribution < -0.4 is 10.6 Å². The monoisotopic (exact) mass is 208 g/mol. The Labute approximate surface area is 88.8 Å². The van der Waals surface area contributed by atoms with Crippen molar-refractivity contribution >= 4 is 11.6 Å². The SMILES string of the molecule is CCn1cc(NC(=O)CC2CNC2)cn1. The van der Waals surface area contributed by atoms with Gasteiger partial charge in [0.25, 0.3) is 0 Å². The highest BCUT2D eigenvalue weighted by Crippen LogP contribution is 2.11. The molecule has 0 bridgehead atoms. The van der Waals surface area contributed by atoms with Crippen LogP contribution in [0.4, 0.5) is 5.69 Å². The second-order valence-electron chi connectivity index (χ2n) is 3.86. The van der Waals surface area contributed by atoms with Crippen molar-refractivity contribution in [3.63, 3.8) is 0 Å². The van der Waals surface area contributed by atoms with Crippen molar-refractivity contribution < 1.29 is 4.79 Å². The third kappa shape index (κ3) is 2.56. The molecule has 0 aromatic carbocycles. The number of anilines is 1. The lowest BCUT2D eigenvalue weighted by molar-refractivity contribution is -0.117. The summed E-state index contributed by atoms with van der Waals surface area (Å²) in [6.45, 7) is 4.75. The molecular weight excluding hydrogens is 192 g/mol. The zero-order valence-electron chi connectivity index (χ0n) is 8.86. The summed E-state index contributed by atoms with van der Waals surface area (Å²) in [6.07, 6.45) is 4.13. The molecule has 82 valence electrons. The van der Waals surface area contributed by atoms with E-state index in [1.54, 1.807) is 10.9 Å². The van der Waals surface area contributed by atoms with Crippen molar-refractivity contribution in [2.24, 2.45) is 5.92 Å². The van der Waals surface area contributed by atoms with Crippen LogP contribution in [-0.4, -0.2) is 28.8 Å². The standard InChI is InChI=1S/C10H16N4O/c1-2-14-7-9(6-12-14)13-10(15)3-8-4-11-5-8/h6-8,11H,2-5H2,1H3,(H,13,15). The molecule has 0 aliphatic carbocycles. The average molecular weight is 208 g/mol. The molecule has 1 aromatic rings. The third-order valence-electron chi connectivity index (χ3n) is 2.58. The van der Waals surface area contributed by atoms with Crippen LogP contribution in [0.15, 0.2) is 12.4 Å². The Morgan fingerprint density at radius 2 is 2.53 bits per heavy atom. The number of carbonyl (C=O) groups excluding carboxylic acids is 1. The highest BCUT2D eigenvalue weighted by Gasteiger charge is 2.20. The van der Waals surface area contributed by atoms with Crippen LogP contribution in [0.3, 0.4) is 0 Å². The van der Waals surface area contributed by atoms with Crippen molar-refractivity contribution in [2.75, 3.05) is 18.4 Å². The smallest absolute Gasteiger partial charge is 0.224 e. The highest BCUT2D eigenvalue weighted by molar-refractivity contribution is 5.90. The molecule has 2 rings (SSSR count). The Hall–Kier alpha value is -1.36. The van der Waals surface area contributed by atoms with E-state index in [0.29, 0.717) is 12.3 Å². The van der Waals surface area contributed by atoms with Gasteiger partial charge in [-0.15, -0.1) is 0 Å². The Morgan fingerprint density at radius 1 is 1.73 bits per heavy atom. The summed E-state index contributed by atoms with van der Waals surface area (Å²) in [5, 5.41) is 10.1. The van der Waals surface area contributed by atoms with E-state index >= 15 is 0 Å². The quantitative estimate of drug-likeness (QED) is 0.755. The molecule has 1 aliphatic heterocycles. The first-order valence-corrected chi connectivity index (χ1v) is 5.31. The maximum Gasteiger partial charge on any atom is 0.224 e. The van der Waals surface area contributed by atoms with Gasteiger partial charge >= 0.3 is 0 Å². The van der Waals surface area contributed by atoms with E-state index in [4.69, 9.17) is 0 Å². The Morgan fingerprint density at radius 3 is 3.07 bits per heavy atom. The van der Waals surface area contributed by atoms with Gasteiger partial charge in [0.05, 0.1) is 11.9 Å².